The standard InChI is InChI=1S/C12H20N2O3S/c1-4-17-12-6-5-11(7-10(12)8-13)18(15,16)14-9(2)3/h5-7,9,14H,4,8,13H2,1-3H3. The Kier molecular flexibility index (Phi) is 5.13. The van der Waals surface area contributed by atoms with Crippen molar-refractivity contribution in [3.63, 3.8) is 0 Å². The molecule has 1 aromatic carbocycles. The van der Waals surface area contributed by atoms with Crippen molar-refractivity contribution in [2.24, 2.45) is 5.73 Å². The van der Waals surface area contributed by atoms with Gasteiger partial charge in [0, 0.05) is 18.2 Å². The molecule has 0 fully saturated rings. The number of sulfonamides is 1. The van der Waals surface area contributed by atoms with Crippen molar-refractivity contribution in [2.75, 3.05) is 6.61 Å². The van der Waals surface area contributed by atoms with Gasteiger partial charge in [0.15, 0.2) is 0 Å². The van der Waals surface area contributed by atoms with Crippen LogP contribution >= 0.6 is 0 Å². The molecule has 0 amide bonds. The van der Waals surface area contributed by atoms with Gasteiger partial charge in [-0.05, 0) is 39.0 Å². The SMILES string of the molecule is CCOc1ccc(S(=O)(=O)NC(C)C)cc1CN. The highest BCUT2D eigenvalue weighted by atomic mass is 32.2. The molecule has 0 bridgehead atoms. The van der Waals surface area contributed by atoms with E-state index in [0.717, 1.165) is 0 Å². The van der Waals surface area contributed by atoms with Crippen LogP contribution in [0.1, 0.15) is 26.3 Å². The molecular weight excluding hydrogens is 252 g/mol. The fraction of sp³-hybridized carbons (Fsp3) is 0.500. The first kappa shape index (κ1) is 14.9. The van der Waals surface area contributed by atoms with Crippen molar-refractivity contribution in [1.82, 2.24) is 4.72 Å². The minimum atomic E-state index is -3.48. The minimum absolute atomic E-state index is 0.150. The molecule has 0 radical (unpaired) electrons. The van der Waals surface area contributed by atoms with Crippen LogP contribution in [0.25, 0.3) is 0 Å². The van der Waals surface area contributed by atoms with E-state index in [9.17, 15) is 8.42 Å². The second-order valence-electron chi connectivity index (χ2n) is 4.18. The first-order valence-corrected chi connectivity index (χ1v) is 7.37. The summed E-state index contributed by atoms with van der Waals surface area (Å²) in [4.78, 5) is 0.208. The summed E-state index contributed by atoms with van der Waals surface area (Å²) in [6.07, 6.45) is 0. The van der Waals surface area contributed by atoms with Crippen LogP contribution < -0.4 is 15.2 Å². The molecule has 1 aromatic rings. The summed E-state index contributed by atoms with van der Waals surface area (Å²) >= 11 is 0. The molecule has 0 aliphatic rings. The van der Waals surface area contributed by atoms with Crippen molar-refractivity contribution >= 4 is 10.0 Å². The van der Waals surface area contributed by atoms with Gasteiger partial charge >= 0.3 is 0 Å². The molecule has 3 N–H and O–H groups in total. The van der Waals surface area contributed by atoms with E-state index in [1.54, 1.807) is 26.0 Å². The summed E-state index contributed by atoms with van der Waals surface area (Å²) in [5, 5.41) is 0. The third-order valence-electron chi connectivity index (χ3n) is 2.25. The average molecular weight is 272 g/mol. The average Bonchev–Trinajstić information content (AvgIpc) is 2.28. The van der Waals surface area contributed by atoms with Crippen LogP contribution in [0.15, 0.2) is 23.1 Å². The van der Waals surface area contributed by atoms with E-state index in [2.05, 4.69) is 4.72 Å². The lowest BCUT2D eigenvalue weighted by Crippen LogP contribution is -2.30. The Balaban J connectivity index is 3.12. The summed E-state index contributed by atoms with van der Waals surface area (Å²) in [7, 11) is -3.48. The van der Waals surface area contributed by atoms with E-state index >= 15 is 0 Å². The van der Waals surface area contributed by atoms with Crippen LogP contribution in [-0.2, 0) is 16.6 Å². The molecule has 0 saturated carbocycles. The van der Waals surface area contributed by atoms with Crippen molar-refractivity contribution in [3.05, 3.63) is 23.8 Å². The third-order valence-corrected chi connectivity index (χ3v) is 3.91. The van der Waals surface area contributed by atoms with Gasteiger partial charge in [-0.25, -0.2) is 13.1 Å². The number of rotatable bonds is 6. The van der Waals surface area contributed by atoms with Crippen molar-refractivity contribution in [2.45, 2.75) is 38.3 Å². The Labute approximate surface area is 108 Å². The molecule has 1 rings (SSSR count). The monoisotopic (exact) mass is 272 g/mol. The van der Waals surface area contributed by atoms with Crippen LogP contribution in [0.4, 0.5) is 0 Å². The Morgan fingerprint density at radius 3 is 2.56 bits per heavy atom. The Morgan fingerprint density at radius 1 is 1.39 bits per heavy atom. The molecule has 0 aromatic heterocycles. The van der Waals surface area contributed by atoms with Gasteiger partial charge in [0.2, 0.25) is 10.0 Å². The van der Waals surface area contributed by atoms with E-state index in [1.165, 1.54) is 6.07 Å². The van der Waals surface area contributed by atoms with Crippen LogP contribution in [0, 0.1) is 0 Å². The van der Waals surface area contributed by atoms with E-state index in [1.807, 2.05) is 6.92 Å². The Bertz CT molecular complexity index is 498. The first-order chi connectivity index (χ1) is 8.40. The number of nitrogens with one attached hydrogen (secondary N) is 1. The molecule has 0 saturated heterocycles. The first-order valence-electron chi connectivity index (χ1n) is 5.88. The van der Waals surface area contributed by atoms with Crippen LogP contribution in [0.2, 0.25) is 0 Å². The maximum atomic E-state index is 12.0. The second-order valence-corrected chi connectivity index (χ2v) is 5.90. The molecule has 0 heterocycles. The predicted octanol–water partition coefficient (Wildman–Crippen LogP) is 1.23. The number of hydrogen-bond acceptors (Lipinski definition) is 4. The van der Waals surface area contributed by atoms with Crippen molar-refractivity contribution in [3.8, 4) is 5.75 Å². The van der Waals surface area contributed by atoms with Crippen LogP contribution in [-0.4, -0.2) is 21.1 Å². The second kappa shape index (κ2) is 6.17. The van der Waals surface area contributed by atoms with Gasteiger partial charge in [-0.3, -0.25) is 0 Å². The largest absolute Gasteiger partial charge is 0.494 e. The highest BCUT2D eigenvalue weighted by Crippen LogP contribution is 2.22. The molecule has 5 nitrogen and oxygen atoms in total. The molecular formula is C12H20N2O3S. The Hall–Kier alpha value is -1.11. The summed E-state index contributed by atoms with van der Waals surface area (Å²) in [5.74, 6) is 0.628. The normalized spacial score (nSPS) is 11.8. The maximum absolute atomic E-state index is 12.0. The number of nitrogens with two attached hydrogens (primary N) is 1. The molecule has 18 heavy (non-hydrogen) atoms. The molecule has 0 spiro atoms. The highest BCUT2D eigenvalue weighted by Gasteiger charge is 2.17. The smallest absolute Gasteiger partial charge is 0.240 e. The number of benzene rings is 1. The van der Waals surface area contributed by atoms with E-state index in [-0.39, 0.29) is 17.5 Å². The topological polar surface area (TPSA) is 81.4 Å². The summed E-state index contributed by atoms with van der Waals surface area (Å²) in [6, 6.07) is 4.56. The van der Waals surface area contributed by atoms with Gasteiger partial charge in [0.25, 0.3) is 0 Å². The summed E-state index contributed by atoms with van der Waals surface area (Å²) in [5.41, 5.74) is 6.28. The van der Waals surface area contributed by atoms with Gasteiger partial charge in [0.1, 0.15) is 5.75 Å². The lowest BCUT2D eigenvalue weighted by molar-refractivity contribution is 0.336. The molecule has 0 aliphatic carbocycles. The molecule has 0 unspecified atom stereocenters. The summed E-state index contributed by atoms with van der Waals surface area (Å²) < 4.78 is 31.9. The Morgan fingerprint density at radius 2 is 2.06 bits per heavy atom. The third kappa shape index (κ3) is 3.69. The highest BCUT2D eigenvalue weighted by molar-refractivity contribution is 7.89. The van der Waals surface area contributed by atoms with Gasteiger partial charge in [-0.15, -0.1) is 0 Å². The van der Waals surface area contributed by atoms with Gasteiger partial charge in [0.05, 0.1) is 11.5 Å². The molecule has 0 aliphatic heterocycles. The zero-order chi connectivity index (χ0) is 13.8. The zero-order valence-corrected chi connectivity index (χ0v) is 11.8. The molecule has 0 atom stereocenters. The quantitative estimate of drug-likeness (QED) is 0.816. The van der Waals surface area contributed by atoms with Gasteiger partial charge < -0.3 is 10.5 Å². The van der Waals surface area contributed by atoms with Crippen LogP contribution in [0.3, 0.4) is 0 Å². The van der Waals surface area contributed by atoms with E-state index < -0.39 is 10.0 Å². The minimum Gasteiger partial charge on any atom is -0.494 e. The fourth-order valence-electron chi connectivity index (χ4n) is 1.56. The van der Waals surface area contributed by atoms with Crippen molar-refractivity contribution in [1.29, 1.82) is 0 Å². The lowest BCUT2D eigenvalue weighted by atomic mass is 10.2. The van der Waals surface area contributed by atoms with E-state index in [4.69, 9.17) is 10.5 Å². The predicted molar refractivity (Wildman–Crippen MR) is 71.0 cm³/mol. The molecule has 6 heteroatoms. The van der Waals surface area contributed by atoms with Gasteiger partial charge in [-0.2, -0.15) is 0 Å². The fourth-order valence-corrected chi connectivity index (χ4v) is 2.86. The maximum Gasteiger partial charge on any atom is 0.240 e. The zero-order valence-electron chi connectivity index (χ0n) is 10.9. The van der Waals surface area contributed by atoms with Crippen LogP contribution in [0.5, 0.6) is 5.75 Å². The van der Waals surface area contributed by atoms with Crippen molar-refractivity contribution < 1.29 is 13.2 Å². The summed E-state index contributed by atoms with van der Waals surface area (Å²) in [6.45, 7) is 6.17. The number of hydrogen-bond donors (Lipinski definition) is 2. The molecule has 102 valence electrons. The number of ether oxygens (including phenoxy) is 1. The lowest BCUT2D eigenvalue weighted by Gasteiger charge is -2.13. The van der Waals surface area contributed by atoms with E-state index in [0.29, 0.717) is 17.9 Å². The van der Waals surface area contributed by atoms with Gasteiger partial charge in [-0.1, -0.05) is 0 Å².